The zero-order valence-electron chi connectivity index (χ0n) is 43.4. The first-order chi connectivity index (χ1) is 28.6. The Balaban J connectivity index is -0.000000717. The third-order valence-electron chi connectivity index (χ3n) is 10.2. The zero-order chi connectivity index (χ0) is 48.1. The van der Waals surface area contributed by atoms with Gasteiger partial charge in [-0.3, -0.25) is 0 Å². The van der Waals surface area contributed by atoms with Crippen LogP contribution in [0.5, 0.6) is 0 Å². The summed E-state index contributed by atoms with van der Waals surface area (Å²) in [7, 11) is 0. The number of nitrogens with one attached hydrogen (secondary N) is 2. The molecular formula is C57H104N4. The Morgan fingerprint density at radius 2 is 1.41 bits per heavy atom. The maximum absolute atomic E-state index is 6.10. The van der Waals surface area contributed by atoms with E-state index < -0.39 is 0 Å². The molecule has 0 aromatic heterocycles. The second kappa shape index (κ2) is 39.4. The number of para-hydroxylation sites is 1. The van der Waals surface area contributed by atoms with Gasteiger partial charge >= 0.3 is 0 Å². The number of nitrogen functional groups attached to an aromatic ring is 1. The molecule has 4 nitrogen and oxygen atoms in total. The SMILES string of the molecule is C=C.C=C(C)C.C=C(CCc1ccccc1N)CC(C)/C=C\C(=C)NC1CC(C)C(C/C=C(C)/C=C/C(C)CC(C)(C)CCC)CC1C.C=C(CN)NC(C)C.CC.CCC. The van der Waals surface area contributed by atoms with Crippen molar-refractivity contribution in [1.29, 1.82) is 0 Å². The van der Waals surface area contributed by atoms with Crippen LogP contribution >= 0.6 is 0 Å². The second-order valence-corrected chi connectivity index (χ2v) is 18.6. The lowest BCUT2D eigenvalue weighted by Gasteiger charge is -2.39. The first-order valence-corrected chi connectivity index (χ1v) is 23.9. The predicted molar refractivity (Wildman–Crippen MR) is 284 cm³/mol. The first kappa shape index (κ1) is 64.1. The topological polar surface area (TPSA) is 76.1 Å². The summed E-state index contributed by atoms with van der Waals surface area (Å²) < 4.78 is 0. The molecule has 61 heavy (non-hydrogen) atoms. The van der Waals surface area contributed by atoms with Gasteiger partial charge in [-0.2, -0.15) is 0 Å². The first-order valence-electron chi connectivity index (χ1n) is 23.9. The van der Waals surface area contributed by atoms with Crippen molar-refractivity contribution in [3.05, 3.63) is 128 Å². The third kappa shape index (κ3) is 37.9. The van der Waals surface area contributed by atoms with E-state index in [1.807, 2.05) is 39.8 Å². The standard InChI is InChI=1S/C40H64N2.C6H14N2.C4H8.C3H8.C2H6.C2H4/c1-11-24-40(9,10)28-32(5)17-16-29(2)19-23-37-26-34(7)39(27-33(37)6)42-35(8)21-18-30(3)25-31(4)20-22-36-14-12-13-15-38(36)41;1-5(2)8-6(3)4-7;1-4(2)3;1-3-2;2*1-2/h12-19,21,30,32-34,37,39,42H,4,8,11,20,22-28,41H2,1-3,5-7,9-10H3;5,8H,3-4,7H2,1-2H3;1H2,2-3H3;3H2,1-2H3;1-2H3;1-2H2/b17-16+,21-18-,29-19+;;;;;. The summed E-state index contributed by atoms with van der Waals surface area (Å²) in [4.78, 5) is 0. The number of aryl methyl sites for hydroxylation is 1. The summed E-state index contributed by atoms with van der Waals surface area (Å²) in [5, 5.41) is 6.83. The van der Waals surface area contributed by atoms with Crippen LogP contribution in [-0.2, 0) is 6.42 Å². The number of hydrogen-bond acceptors (Lipinski definition) is 4. The zero-order valence-corrected chi connectivity index (χ0v) is 43.4. The molecule has 0 bridgehead atoms. The van der Waals surface area contributed by atoms with E-state index in [0.717, 1.165) is 42.3 Å². The monoisotopic (exact) mass is 845 g/mol. The van der Waals surface area contributed by atoms with E-state index in [2.05, 4.69) is 176 Å². The van der Waals surface area contributed by atoms with Crippen molar-refractivity contribution in [2.24, 2.45) is 40.7 Å². The maximum atomic E-state index is 6.10. The highest BCUT2D eigenvalue weighted by molar-refractivity contribution is 5.46. The van der Waals surface area contributed by atoms with E-state index in [0.29, 0.717) is 47.7 Å². The molecule has 0 radical (unpaired) electrons. The van der Waals surface area contributed by atoms with Crippen molar-refractivity contribution in [2.75, 3.05) is 12.3 Å². The van der Waals surface area contributed by atoms with Crippen LogP contribution in [0.1, 0.15) is 174 Å². The molecule has 1 aliphatic rings. The van der Waals surface area contributed by atoms with E-state index in [4.69, 9.17) is 11.5 Å². The molecule has 6 atom stereocenters. The summed E-state index contributed by atoms with van der Waals surface area (Å²) in [5.74, 6) is 3.16. The molecule has 1 aromatic carbocycles. The van der Waals surface area contributed by atoms with Gasteiger partial charge in [0.2, 0.25) is 0 Å². The van der Waals surface area contributed by atoms with Crippen LogP contribution in [-0.4, -0.2) is 18.6 Å². The number of anilines is 1. The molecule has 6 N–H and O–H groups in total. The minimum absolute atomic E-state index is 0.432. The molecule has 1 fully saturated rings. The number of rotatable bonds is 20. The van der Waals surface area contributed by atoms with Gasteiger partial charge in [-0.05, 0) is 139 Å². The maximum Gasteiger partial charge on any atom is 0.0346 e. The van der Waals surface area contributed by atoms with Gasteiger partial charge in [-0.1, -0.05) is 168 Å². The van der Waals surface area contributed by atoms with Gasteiger partial charge in [0.15, 0.2) is 0 Å². The molecule has 1 aromatic rings. The molecule has 0 saturated heterocycles. The Hall–Kier alpha value is -3.50. The molecule has 0 aliphatic heterocycles. The van der Waals surface area contributed by atoms with Gasteiger partial charge in [0.25, 0.3) is 0 Å². The van der Waals surface area contributed by atoms with Gasteiger partial charge in [-0.25, -0.2) is 0 Å². The normalized spacial score (nSPS) is 18.2. The van der Waals surface area contributed by atoms with Crippen LogP contribution in [0, 0.1) is 35.0 Å². The van der Waals surface area contributed by atoms with Gasteiger partial charge in [0, 0.05) is 35.7 Å². The van der Waals surface area contributed by atoms with Crippen molar-refractivity contribution in [3.8, 4) is 0 Å². The molecule has 0 heterocycles. The van der Waals surface area contributed by atoms with E-state index in [9.17, 15) is 0 Å². The molecular weight excluding hydrogens is 741 g/mol. The van der Waals surface area contributed by atoms with Crippen molar-refractivity contribution in [1.82, 2.24) is 10.6 Å². The van der Waals surface area contributed by atoms with Gasteiger partial charge in [0.1, 0.15) is 0 Å². The number of allylic oxidation sites excluding steroid dienone is 8. The van der Waals surface area contributed by atoms with E-state index in [1.54, 1.807) is 0 Å². The average molecular weight is 845 g/mol. The Morgan fingerprint density at radius 1 is 0.869 bits per heavy atom. The highest BCUT2D eigenvalue weighted by Crippen LogP contribution is 2.37. The van der Waals surface area contributed by atoms with E-state index in [1.165, 1.54) is 67.2 Å². The Labute approximate surface area is 382 Å². The largest absolute Gasteiger partial charge is 0.399 e. The fraction of sp³-hybridized carbons (Fsp3) is 0.614. The smallest absolute Gasteiger partial charge is 0.0346 e. The summed E-state index contributed by atoms with van der Waals surface area (Å²) in [5.41, 5.74) is 19.7. The summed E-state index contributed by atoms with van der Waals surface area (Å²) in [6.07, 6.45) is 23.4. The second-order valence-electron chi connectivity index (χ2n) is 18.6. The van der Waals surface area contributed by atoms with Gasteiger partial charge in [-0.15, -0.1) is 19.7 Å². The highest BCUT2D eigenvalue weighted by Gasteiger charge is 2.32. The summed E-state index contributed by atoms with van der Waals surface area (Å²) in [6, 6.07) is 9.08. The highest BCUT2D eigenvalue weighted by atomic mass is 14.9. The van der Waals surface area contributed by atoms with Crippen molar-refractivity contribution in [3.63, 3.8) is 0 Å². The Morgan fingerprint density at radius 3 is 1.90 bits per heavy atom. The fourth-order valence-electron chi connectivity index (χ4n) is 7.40. The fourth-order valence-corrected chi connectivity index (χ4v) is 7.40. The van der Waals surface area contributed by atoms with Gasteiger partial charge < -0.3 is 22.1 Å². The summed E-state index contributed by atoms with van der Waals surface area (Å²) >= 11 is 0. The third-order valence-corrected chi connectivity index (χ3v) is 10.2. The minimum atomic E-state index is 0.432. The van der Waals surface area contributed by atoms with Crippen LogP contribution in [0.15, 0.2) is 122 Å². The molecule has 2 rings (SSSR count). The summed E-state index contributed by atoms with van der Waals surface area (Å²) in [6.45, 7) is 57.6. The molecule has 0 amide bonds. The van der Waals surface area contributed by atoms with Crippen LogP contribution in [0.2, 0.25) is 0 Å². The molecule has 0 spiro atoms. The van der Waals surface area contributed by atoms with Crippen LogP contribution in [0.25, 0.3) is 0 Å². The van der Waals surface area contributed by atoms with Crippen LogP contribution in [0.4, 0.5) is 5.69 Å². The van der Waals surface area contributed by atoms with Crippen LogP contribution in [0.3, 0.4) is 0 Å². The Bertz CT molecular complexity index is 1370. The lowest BCUT2D eigenvalue weighted by molar-refractivity contribution is 0.163. The molecule has 1 aliphatic carbocycles. The number of nitrogens with two attached hydrogens (primary N) is 2. The van der Waals surface area contributed by atoms with Crippen molar-refractivity contribution in [2.45, 2.75) is 187 Å². The van der Waals surface area contributed by atoms with Crippen LogP contribution < -0.4 is 22.1 Å². The molecule has 352 valence electrons. The van der Waals surface area contributed by atoms with Crippen molar-refractivity contribution < 1.29 is 0 Å². The predicted octanol–water partition coefficient (Wildman–Crippen LogP) is 16.5. The molecule has 6 unspecified atom stereocenters. The lowest BCUT2D eigenvalue weighted by Crippen LogP contribution is -2.41. The minimum Gasteiger partial charge on any atom is -0.399 e. The quantitative estimate of drug-likeness (QED) is 0.0599. The average Bonchev–Trinajstić information content (AvgIpc) is 3.18. The molecule has 4 heteroatoms. The van der Waals surface area contributed by atoms with Gasteiger partial charge in [0.05, 0.1) is 0 Å². The van der Waals surface area contributed by atoms with E-state index in [-0.39, 0.29) is 0 Å². The Kier molecular flexibility index (Phi) is 41.4. The number of benzene rings is 1. The number of hydrogen-bond donors (Lipinski definition) is 4. The van der Waals surface area contributed by atoms with E-state index >= 15 is 0 Å². The van der Waals surface area contributed by atoms with Crippen molar-refractivity contribution >= 4 is 5.69 Å². The lowest BCUT2D eigenvalue weighted by atomic mass is 9.71. The molecule has 1 saturated carbocycles.